The number of hydrogen-bond donors (Lipinski definition) is 0. The summed E-state index contributed by atoms with van der Waals surface area (Å²) in [6.45, 7) is 4.13. The molecule has 0 N–H and O–H groups in total. The summed E-state index contributed by atoms with van der Waals surface area (Å²) in [7, 11) is 0. The monoisotopic (exact) mass is 128 g/mol. The molecule has 1 saturated carbocycles. The largest absolute Gasteiger partial charge is 0.381 e. The molecule has 1 rings (SSSR count). The van der Waals surface area contributed by atoms with Crippen molar-refractivity contribution >= 4 is 0 Å². The maximum Gasteiger partial charge on any atom is 0.0494 e. The van der Waals surface area contributed by atoms with E-state index in [1.807, 2.05) is 0 Å². The van der Waals surface area contributed by atoms with Crippen molar-refractivity contribution in [1.29, 1.82) is 0 Å². The lowest BCUT2D eigenvalue weighted by Gasteiger charge is -2.24. The fourth-order valence-electron chi connectivity index (χ4n) is 1.05. The van der Waals surface area contributed by atoms with Crippen LogP contribution in [0.2, 0.25) is 0 Å². The molecule has 1 aliphatic carbocycles. The first kappa shape index (κ1) is 7.07. The van der Waals surface area contributed by atoms with Gasteiger partial charge in [0.1, 0.15) is 0 Å². The number of ether oxygens (including phenoxy) is 1. The highest BCUT2D eigenvalue weighted by molar-refractivity contribution is 4.68. The normalized spacial score (nSPS) is 19.7. The third-order valence-corrected chi connectivity index (χ3v) is 1.93. The van der Waals surface area contributed by atoms with Crippen LogP contribution in [0.1, 0.15) is 32.6 Å². The van der Waals surface area contributed by atoms with Crippen LogP contribution in [-0.4, -0.2) is 13.2 Å². The molecule has 0 bridgehead atoms. The highest BCUT2D eigenvalue weighted by Crippen LogP contribution is 2.26. The Bertz CT molecular complexity index is 67.0. The van der Waals surface area contributed by atoms with Crippen LogP contribution in [0.25, 0.3) is 0 Å². The van der Waals surface area contributed by atoms with E-state index in [9.17, 15) is 0 Å². The lowest BCUT2D eigenvalue weighted by Crippen LogP contribution is -2.17. The van der Waals surface area contributed by atoms with Crippen LogP contribution in [0.4, 0.5) is 0 Å². The summed E-state index contributed by atoms with van der Waals surface area (Å²) in [6.07, 6.45) is 5.40. The van der Waals surface area contributed by atoms with Gasteiger partial charge < -0.3 is 4.74 Å². The third kappa shape index (κ3) is 2.35. The van der Waals surface area contributed by atoms with E-state index >= 15 is 0 Å². The lowest BCUT2D eigenvalue weighted by atomic mass is 9.86. The molecule has 1 nitrogen and oxygen atoms in total. The van der Waals surface area contributed by atoms with Gasteiger partial charge in [-0.15, -0.1) is 0 Å². The standard InChI is InChI=1S/C8H16O/c1-2-6-9-7-8-4-3-5-8/h8H,2-7H2,1H3. The summed E-state index contributed by atoms with van der Waals surface area (Å²) in [5.41, 5.74) is 0. The molecule has 54 valence electrons. The quantitative estimate of drug-likeness (QED) is 0.527. The maximum atomic E-state index is 5.39. The van der Waals surface area contributed by atoms with E-state index < -0.39 is 0 Å². The van der Waals surface area contributed by atoms with E-state index in [1.54, 1.807) is 0 Å². The average Bonchev–Trinajstić information content (AvgIpc) is 1.76. The minimum Gasteiger partial charge on any atom is -0.381 e. The molecule has 1 fully saturated rings. The molecule has 0 spiro atoms. The van der Waals surface area contributed by atoms with E-state index in [-0.39, 0.29) is 0 Å². The zero-order valence-electron chi connectivity index (χ0n) is 6.23. The second-order valence-corrected chi connectivity index (χ2v) is 2.87. The Labute approximate surface area is 57.4 Å². The van der Waals surface area contributed by atoms with Crippen LogP contribution in [0.5, 0.6) is 0 Å². The fourth-order valence-corrected chi connectivity index (χ4v) is 1.05. The first-order chi connectivity index (χ1) is 4.43. The number of hydrogen-bond acceptors (Lipinski definition) is 1. The highest BCUT2D eigenvalue weighted by atomic mass is 16.5. The van der Waals surface area contributed by atoms with Gasteiger partial charge in [0.05, 0.1) is 0 Å². The van der Waals surface area contributed by atoms with E-state index in [0.717, 1.165) is 25.6 Å². The van der Waals surface area contributed by atoms with Crippen LogP contribution in [0, 0.1) is 5.92 Å². The molecule has 0 atom stereocenters. The van der Waals surface area contributed by atoms with E-state index in [2.05, 4.69) is 6.92 Å². The SMILES string of the molecule is CCCOCC1CCC1. The van der Waals surface area contributed by atoms with Crippen molar-refractivity contribution < 1.29 is 4.74 Å². The van der Waals surface area contributed by atoms with Crippen LogP contribution in [-0.2, 0) is 4.74 Å². The average molecular weight is 128 g/mol. The van der Waals surface area contributed by atoms with Crippen molar-refractivity contribution in [2.45, 2.75) is 32.6 Å². The molecule has 1 heteroatoms. The predicted octanol–water partition coefficient (Wildman–Crippen LogP) is 2.21. The summed E-state index contributed by atoms with van der Waals surface area (Å²) in [5.74, 6) is 0.913. The summed E-state index contributed by atoms with van der Waals surface area (Å²) in [5, 5.41) is 0. The molecule has 1 aliphatic rings. The van der Waals surface area contributed by atoms with Crippen molar-refractivity contribution in [3.05, 3.63) is 0 Å². The Balaban J connectivity index is 1.80. The molecule has 0 saturated heterocycles. The zero-order chi connectivity index (χ0) is 6.53. The molecule has 9 heavy (non-hydrogen) atoms. The highest BCUT2D eigenvalue weighted by Gasteiger charge is 2.16. The van der Waals surface area contributed by atoms with Gasteiger partial charge in [0, 0.05) is 13.2 Å². The summed E-state index contributed by atoms with van der Waals surface area (Å²) >= 11 is 0. The van der Waals surface area contributed by atoms with Gasteiger partial charge in [0.2, 0.25) is 0 Å². The molecule has 0 heterocycles. The van der Waals surface area contributed by atoms with Gasteiger partial charge in [-0.2, -0.15) is 0 Å². The summed E-state index contributed by atoms with van der Waals surface area (Å²) in [4.78, 5) is 0. The van der Waals surface area contributed by atoms with Gasteiger partial charge >= 0.3 is 0 Å². The van der Waals surface area contributed by atoms with E-state index in [4.69, 9.17) is 4.74 Å². The van der Waals surface area contributed by atoms with Crippen molar-refractivity contribution in [3.8, 4) is 0 Å². The molecular formula is C8H16O. The Morgan fingerprint density at radius 1 is 1.44 bits per heavy atom. The smallest absolute Gasteiger partial charge is 0.0494 e. The Hall–Kier alpha value is -0.0400. The third-order valence-electron chi connectivity index (χ3n) is 1.93. The van der Waals surface area contributed by atoms with Gasteiger partial charge in [0.15, 0.2) is 0 Å². The topological polar surface area (TPSA) is 9.23 Å². The summed E-state index contributed by atoms with van der Waals surface area (Å²) < 4.78 is 5.39. The Morgan fingerprint density at radius 2 is 2.22 bits per heavy atom. The maximum absolute atomic E-state index is 5.39. The van der Waals surface area contributed by atoms with Gasteiger partial charge in [-0.25, -0.2) is 0 Å². The van der Waals surface area contributed by atoms with Gasteiger partial charge in [0.25, 0.3) is 0 Å². The van der Waals surface area contributed by atoms with Crippen LogP contribution in [0.3, 0.4) is 0 Å². The second kappa shape index (κ2) is 3.89. The van der Waals surface area contributed by atoms with Crippen molar-refractivity contribution in [2.24, 2.45) is 5.92 Å². The molecule has 0 unspecified atom stereocenters. The summed E-state index contributed by atoms with van der Waals surface area (Å²) in [6, 6.07) is 0. The predicted molar refractivity (Wildman–Crippen MR) is 38.5 cm³/mol. The minimum atomic E-state index is 0.913. The lowest BCUT2D eigenvalue weighted by molar-refractivity contribution is 0.0707. The van der Waals surface area contributed by atoms with Gasteiger partial charge in [-0.3, -0.25) is 0 Å². The minimum absolute atomic E-state index is 0.913. The molecule has 0 amide bonds. The van der Waals surface area contributed by atoms with Crippen molar-refractivity contribution in [3.63, 3.8) is 0 Å². The molecule has 0 aromatic heterocycles. The van der Waals surface area contributed by atoms with Crippen LogP contribution < -0.4 is 0 Å². The van der Waals surface area contributed by atoms with Crippen molar-refractivity contribution in [2.75, 3.05) is 13.2 Å². The van der Waals surface area contributed by atoms with Crippen molar-refractivity contribution in [1.82, 2.24) is 0 Å². The fraction of sp³-hybridized carbons (Fsp3) is 1.00. The first-order valence-corrected chi connectivity index (χ1v) is 4.01. The molecule has 0 aromatic carbocycles. The van der Waals surface area contributed by atoms with Gasteiger partial charge in [-0.05, 0) is 25.2 Å². The van der Waals surface area contributed by atoms with Crippen LogP contribution in [0.15, 0.2) is 0 Å². The molecular weight excluding hydrogens is 112 g/mol. The molecule has 0 aliphatic heterocycles. The van der Waals surface area contributed by atoms with Crippen LogP contribution >= 0.6 is 0 Å². The Morgan fingerprint density at radius 3 is 2.67 bits per heavy atom. The second-order valence-electron chi connectivity index (χ2n) is 2.87. The molecule has 0 aromatic rings. The molecule has 0 radical (unpaired) electrons. The Kier molecular flexibility index (Phi) is 3.05. The van der Waals surface area contributed by atoms with E-state index in [1.165, 1.54) is 19.3 Å². The zero-order valence-corrected chi connectivity index (χ0v) is 6.23. The first-order valence-electron chi connectivity index (χ1n) is 4.01. The number of rotatable bonds is 4. The van der Waals surface area contributed by atoms with E-state index in [0.29, 0.717) is 0 Å². The van der Waals surface area contributed by atoms with Gasteiger partial charge in [-0.1, -0.05) is 13.3 Å².